The van der Waals surface area contributed by atoms with E-state index in [1.165, 1.54) is 16.2 Å². The van der Waals surface area contributed by atoms with Crippen molar-refractivity contribution in [2.24, 2.45) is 5.92 Å². The Morgan fingerprint density at radius 3 is 2.96 bits per heavy atom. The molecule has 8 heteroatoms. The monoisotopic (exact) mass is 379 g/mol. The van der Waals surface area contributed by atoms with Gasteiger partial charge in [0.05, 0.1) is 25.3 Å². The lowest BCUT2D eigenvalue weighted by molar-refractivity contribution is -0.125. The van der Waals surface area contributed by atoms with Gasteiger partial charge in [-0.05, 0) is 37.7 Å². The fraction of sp³-hybridized carbons (Fsp3) is 0.611. The molecule has 1 saturated heterocycles. The molecule has 2 aliphatic rings. The largest absolute Gasteiger partial charge is 0.462 e. The number of nitrogens with zero attached hydrogens (tertiary/aromatic N) is 1. The zero-order chi connectivity index (χ0) is 18.7. The number of rotatable bonds is 5. The zero-order valence-corrected chi connectivity index (χ0v) is 16.0. The molecule has 0 bridgehead atoms. The predicted molar refractivity (Wildman–Crippen MR) is 99.5 cm³/mol. The first-order chi connectivity index (χ1) is 12.5. The molecule has 1 aromatic rings. The molecule has 26 heavy (non-hydrogen) atoms. The van der Waals surface area contributed by atoms with Gasteiger partial charge < -0.3 is 15.4 Å². The average Bonchev–Trinajstić information content (AvgIpc) is 2.91. The SMILES string of the molecule is CCOC(=O)c1c(NC(=O)CN2CCNC(=O)C2)sc2c1CC[C@@H](C)C2. The van der Waals surface area contributed by atoms with Gasteiger partial charge >= 0.3 is 5.97 Å². The number of esters is 1. The van der Waals surface area contributed by atoms with E-state index in [2.05, 4.69) is 17.6 Å². The summed E-state index contributed by atoms with van der Waals surface area (Å²) in [4.78, 5) is 39.3. The summed E-state index contributed by atoms with van der Waals surface area (Å²) in [7, 11) is 0. The minimum atomic E-state index is -0.368. The Morgan fingerprint density at radius 2 is 2.23 bits per heavy atom. The van der Waals surface area contributed by atoms with Crippen molar-refractivity contribution < 1.29 is 19.1 Å². The van der Waals surface area contributed by atoms with Crippen LogP contribution in [0.1, 0.15) is 41.1 Å². The number of ether oxygens (including phenoxy) is 1. The van der Waals surface area contributed by atoms with Crippen molar-refractivity contribution in [2.75, 3.05) is 38.1 Å². The Morgan fingerprint density at radius 1 is 1.42 bits per heavy atom. The van der Waals surface area contributed by atoms with E-state index in [0.717, 1.165) is 24.8 Å². The lowest BCUT2D eigenvalue weighted by Crippen LogP contribution is -2.49. The van der Waals surface area contributed by atoms with Gasteiger partial charge in [-0.1, -0.05) is 6.92 Å². The molecule has 3 rings (SSSR count). The molecular weight excluding hydrogens is 354 g/mol. The van der Waals surface area contributed by atoms with Gasteiger partial charge in [0.15, 0.2) is 0 Å². The van der Waals surface area contributed by atoms with E-state index in [-0.39, 0.29) is 30.9 Å². The van der Waals surface area contributed by atoms with Gasteiger partial charge in [-0.3, -0.25) is 14.5 Å². The summed E-state index contributed by atoms with van der Waals surface area (Å²) in [5.41, 5.74) is 1.54. The number of hydrogen-bond donors (Lipinski definition) is 2. The number of carbonyl (C=O) groups is 3. The summed E-state index contributed by atoms with van der Waals surface area (Å²) in [5, 5.41) is 6.21. The van der Waals surface area contributed by atoms with E-state index >= 15 is 0 Å². The third-order valence-corrected chi connectivity index (χ3v) is 5.90. The van der Waals surface area contributed by atoms with Crippen molar-refractivity contribution in [3.8, 4) is 0 Å². The number of fused-ring (bicyclic) bond motifs is 1. The van der Waals surface area contributed by atoms with Crippen molar-refractivity contribution in [1.29, 1.82) is 0 Å². The summed E-state index contributed by atoms with van der Waals surface area (Å²) in [6.45, 7) is 5.82. The smallest absolute Gasteiger partial charge is 0.341 e. The summed E-state index contributed by atoms with van der Waals surface area (Å²) >= 11 is 1.48. The third kappa shape index (κ3) is 4.24. The highest BCUT2D eigenvalue weighted by Gasteiger charge is 2.29. The lowest BCUT2D eigenvalue weighted by Gasteiger charge is -2.25. The van der Waals surface area contributed by atoms with E-state index in [1.54, 1.807) is 11.8 Å². The molecule has 2 amide bonds. The van der Waals surface area contributed by atoms with Gasteiger partial charge in [-0.25, -0.2) is 4.79 Å². The maximum absolute atomic E-state index is 12.5. The summed E-state index contributed by atoms with van der Waals surface area (Å²) in [5.74, 6) is -0.0763. The highest BCUT2D eigenvalue weighted by molar-refractivity contribution is 7.17. The van der Waals surface area contributed by atoms with E-state index < -0.39 is 0 Å². The first-order valence-electron chi connectivity index (χ1n) is 9.08. The Balaban J connectivity index is 1.76. The number of thiophene rings is 1. The minimum Gasteiger partial charge on any atom is -0.462 e. The number of hydrogen-bond acceptors (Lipinski definition) is 6. The molecule has 7 nitrogen and oxygen atoms in total. The second-order valence-corrected chi connectivity index (χ2v) is 7.99. The molecule has 142 valence electrons. The second kappa shape index (κ2) is 8.18. The normalized spacial score (nSPS) is 20.2. The van der Waals surface area contributed by atoms with Crippen molar-refractivity contribution in [3.05, 3.63) is 16.0 Å². The van der Waals surface area contributed by atoms with Crippen LogP contribution in [-0.4, -0.2) is 55.5 Å². The van der Waals surface area contributed by atoms with Crippen LogP contribution in [0.5, 0.6) is 0 Å². The van der Waals surface area contributed by atoms with Crippen LogP contribution in [0.2, 0.25) is 0 Å². The van der Waals surface area contributed by atoms with Gasteiger partial charge in [0, 0.05) is 18.0 Å². The first kappa shape index (κ1) is 18.8. The molecule has 0 spiro atoms. The van der Waals surface area contributed by atoms with E-state index in [0.29, 0.717) is 36.2 Å². The molecular formula is C18H25N3O4S. The van der Waals surface area contributed by atoms with Gasteiger partial charge in [0.25, 0.3) is 0 Å². The quantitative estimate of drug-likeness (QED) is 0.756. The number of carbonyl (C=O) groups excluding carboxylic acids is 3. The Hall–Kier alpha value is -1.93. The fourth-order valence-electron chi connectivity index (χ4n) is 3.45. The lowest BCUT2D eigenvalue weighted by atomic mass is 9.88. The number of nitrogens with one attached hydrogen (secondary N) is 2. The molecule has 0 aromatic carbocycles. The Kier molecular flexibility index (Phi) is 5.93. The van der Waals surface area contributed by atoms with E-state index in [4.69, 9.17) is 4.74 Å². The van der Waals surface area contributed by atoms with Crippen LogP contribution in [0.3, 0.4) is 0 Å². The van der Waals surface area contributed by atoms with Crippen molar-refractivity contribution in [2.45, 2.75) is 33.1 Å². The standard InChI is InChI=1S/C18H25N3O4S/c1-3-25-18(24)16-12-5-4-11(2)8-13(12)26-17(16)20-15(23)10-21-7-6-19-14(22)9-21/h11H,3-10H2,1-2H3,(H,19,22)(H,20,23)/t11-/m1/s1. The van der Waals surface area contributed by atoms with Crippen LogP contribution in [-0.2, 0) is 27.2 Å². The molecule has 0 radical (unpaired) electrons. The average molecular weight is 379 g/mol. The molecule has 0 saturated carbocycles. The second-order valence-electron chi connectivity index (χ2n) is 6.89. The van der Waals surface area contributed by atoms with Crippen molar-refractivity contribution >= 4 is 34.1 Å². The number of amides is 2. The molecule has 1 fully saturated rings. The molecule has 2 N–H and O–H groups in total. The predicted octanol–water partition coefficient (Wildman–Crippen LogP) is 1.42. The minimum absolute atomic E-state index is 0.0724. The van der Waals surface area contributed by atoms with Crippen LogP contribution in [0.25, 0.3) is 0 Å². The summed E-state index contributed by atoms with van der Waals surface area (Å²) < 4.78 is 5.22. The first-order valence-corrected chi connectivity index (χ1v) is 9.90. The molecule has 1 aliphatic heterocycles. The van der Waals surface area contributed by atoms with Gasteiger partial charge in [-0.15, -0.1) is 11.3 Å². The fourth-order valence-corrected chi connectivity index (χ4v) is 4.87. The number of piperazine rings is 1. The highest BCUT2D eigenvalue weighted by atomic mass is 32.1. The third-order valence-electron chi connectivity index (χ3n) is 4.73. The molecule has 1 atom stereocenters. The van der Waals surface area contributed by atoms with Gasteiger partial charge in [0.2, 0.25) is 11.8 Å². The summed E-state index contributed by atoms with van der Waals surface area (Å²) in [6, 6.07) is 0. The van der Waals surface area contributed by atoms with Crippen molar-refractivity contribution in [3.63, 3.8) is 0 Å². The van der Waals surface area contributed by atoms with Crippen LogP contribution in [0.4, 0.5) is 5.00 Å². The highest BCUT2D eigenvalue weighted by Crippen LogP contribution is 2.40. The molecule has 1 aromatic heterocycles. The summed E-state index contributed by atoms with van der Waals surface area (Å²) in [6.07, 6.45) is 2.80. The van der Waals surface area contributed by atoms with E-state index in [1.807, 2.05) is 0 Å². The Labute approximate surface area is 157 Å². The topological polar surface area (TPSA) is 87.7 Å². The van der Waals surface area contributed by atoms with Crippen LogP contribution in [0.15, 0.2) is 0 Å². The molecule has 1 aliphatic carbocycles. The molecule has 0 unspecified atom stereocenters. The maximum atomic E-state index is 12.5. The number of anilines is 1. The molecule has 2 heterocycles. The zero-order valence-electron chi connectivity index (χ0n) is 15.2. The van der Waals surface area contributed by atoms with Crippen LogP contribution in [0, 0.1) is 5.92 Å². The maximum Gasteiger partial charge on any atom is 0.341 e. The van der Waals surface area contributed by atoms with Crippen LogP contribution >= 0.6 is 11.3 Å². The van der Waals surface area contributed by atoms with Crippen molar-refractivity contribution in [1.82, 2.24) is 10.2 Å². The van der Waals surface area contributed by atoms with E-state index in [9.17, 15) is 14.4 Å². The Bertz CT molecular complexity index is 716. The van der Waals surface area contributed by atoms with Gasteiger partial charge in [0.1, 0.15) is 5.00 Å². The van der Waals surface area contributed by atoms with Gasteiger partial charge in [-0.2, -0.15) is 0 Å². The van der Waals surface area contributed by atoms with Crippen LogP contribution < -0.4 is 10.6 Å².